The molecule has 0 bridgehead atoms. The normalized spacial score (nSPS) is 19.4. The van der Waals surface area contributed by atoms with Crippen molar-refractivity contribution in [2.75, 3.05) is 27.2 Å². The van der Waals surface area contributed by atoms with Crippen LogP contribution in [0, 0.1) is 0 Å². The number of fused-ring (bicyclic) bond motifs is 1. The Morgan fingerprint density at radius 3 is 2.71 bits per heavy atom. The molecule has 0 aliphatic carbocycles. The van der Waals surface area contributed by atoms with Gasteiger partial charge in [-0.15, -0.1) is 0 Å². The van der Waals surface area contributed by atoms with E-state index in [4.69, 9.17) is 4.74 Å². The third kappa shape index (κ3) is 3.89. The molecule has 1 aromatic rings. The monoisotopic (exact) mass is 302 g/mol. The molecule has 1 N–H and O–H groups in total. The molecule has 0 saturated carbocycles. The number of nitrogens with one attached hydrogen (secondary N) is 1. The van der Waals surface area contributed by atoms with Crippen LogP contribution in [0.15, 0.2) is 12.1 Å². The average molecular weight is 302 g/mol. The van der Waals surface area contributed by atoms with E-state index in [2.05, 4.69) is 24.2 Å². The van der Waals surface area contributed by atoms with Gasteiger partial charge < -0.3 is 10.1 Å². The predicted molar refractivity (Wildman–Crippen MR) is 75.5 cm³/mol. The molecular formula is C15H21F3N2O. The Bertz CT molecular complexity index is 502. The molecule has 1 aliphatic rings. The lowest BCUT2D eigenvalue weighted by atomic mass is 9.91. The Hall–Kier alpha value is -1.27. The third-order valence-corrected chi connectivity index (χ3v) is 4.03. The number of methoxy groups -OCH3 is 1. The molecule has 1 heterocycles. The second kappa shape index (κ2) is 6.23. The highest BCUT2D eigenvalue weighted by Gasteiger charge is 2.27. The first-order chi connectivity index (χ1) is 9.81. The van der Waals surface area contributed by atoms with Crippen molar-refractivity contribution in [1.29, 1.82) is 0 Å². The molecule has 0 fully saturated rings. The average Bonchev–Trinajstić information content (AvgIpc) is 2.41. The van der Waals surface area contributed by atoms with Crippen LogP contribution in [0.25, 0.3) is 0 Å². The number of halogens is 3. The minimum atomic E-state index is -4.20. The minimum Gasteiger partial charge on any atom is -0.496 e. The third-order valence-electron chi connectivity index (χ3n) is 4.03. The molecule has 0 spiro atoms. The summed E-state index contributed by atoms with van der Waals surface area (Å²) in [5.74, 6) is 0.644. The zero-order chi connectivity index (χ0) is 15.6. The van der Waals surface area contributed by atoms with Gasteiger partial charge in [-0.1, -0.05) is 6.07 Å². The van der Waals surface area contributed by atoms with Crippen LogP contribution in [0.3, 0.4) is 0 Å². The van der Waals surface area contributed by atoms with E-state index in [-0.39, 0.29) is 6.54 Å². The first-order valence-electron chi connectivity index (χ1n) is 6.99. The number of nitrogens with zero attached hydrogens (tertiary/aromatic N) is 1. The van der Waals surface area contributed by atoms with Crippen molar-refractivity contribution in [3.63, 3.8) is 0 Å². The smallest absolute Gasteiger partial charge is 0.401 e. The molecule has 1 aliphatic heterocycles. The van der Waals surface area contributed by atoms with Gasteiger partial charge in [0.25, 0.3) is 0 Å². The SMILES string of the molecule is COc1cc2c(cc1CNCC(F)(F)F)CCN(C)C2C. The predicted octanol–water partition coefficient (Wildman–Crippen LogP) is 2.90. The van der Waals surface area contributed by atoms with Crippen LogP contribution in [-0.4, -0.2) is 38.3 Å². The van der Waals surface area contributed by atoms with Crippen LogP contribution in [0.1, 0.15) is 29.7 Å². The van der Waals surface area contributed by atoms with Crippen LogP contribution >= 0.6 is 0 Å². The van der Waals surface area contributed by atoms with Gasteiger partial charge >= 0.3 is 6.18 Å². The Labute approximate surface area is 123 Å². The summed E-state index contributed by atoms with van der Waals surface area (Å²) in [6.45, 7) is 2.24. The van der Waals surface area contributed by atoms with E-state index in [0.717, 1.165) is 18.5 Å². The van der Waals surface area contributed by atoms with E-state index < -0.39 is 12.7 Å². The van der Waals surface area contributed by atoms with Crippen molar-refractivity contribution in [3.8, 4) is 5.75 Å². The van der Waals surface area contributed by atoms with Gasteiger partial charge in [0.1, 0.15) is 5.75 Å². The van der Waals surface area contributed by atoms with Crippen molar-refractivity contribution < 1.29 is 17.9 Å². The highest BCUT2D eigenvalue weighted by molar-refractivity contribution is 5.45. The Morgan fingerprint density at radius 2 is 2.10 bits per heavy atom. The van der Waals surface area contributed by atoms with Crippen molar-refractivity contribution in [2.45, 2.75) is 32.1 Å². The first kappa shape index (κ1) is 16.1. The van der Waals surface area contributed by atoms with Crippen molar-refractivity contribution in [2.24, 2.45) is 0 Å². The molecule has 1 atom stereocenters. The van der Waals surface area contributed by atoms with Gasteiger partial charge in [-0.25, -0.2) is 0 Å². The van der Waals surface area contributed by atoms with E-state index in [1.807, 2.05) is 12.1 Å². The summed E-state index contributed by atoms with van der Waals surface area (Å²) in [6.07, 6.45) is -3.29. The van der Waals surface area contributed by atoms with Gasteiger partial charge in [0.15, 0.2) is 0 Å². The second-order valence-electron chi connectivity index (χ2n) is 5.49. The molecule has 3 nitrogen and oxygen atoms in total. The van der Waals surface area contributed by atoms with E-state index in [1.165, 1.54) is 11.1 Å². The Balaban J connectivity index is 2.19. The largest absolute Gasteiger partial charge is 0.496 e. The number of likely N-dealkylation sites (N-methyl/N-ethyl adjacent to an activating group) is 1. The van der Waals surface area contributed by atoms with Crippen LogP contribution in [0.5, 0.6) is 5.75 Å². The zero-order valence-electron chi connectivity index (χ0n) is 12.5. The standard InChI is InChI=1S/C15H21F3N2O/c1-10-13-7-14(21-3)12(8-19-9-15(16,17)18)6-11(13)4-5-20(10)2/h6-7,10,19H,4-5,8-9H2,1-3H3. The molecule has 0 radical (unpaired) electrons. The maximum atomic E-state index is 12.2. The van der Waals surface area contributed by atoms with Gasteiger partial charge in [0, 0.05) is 24.7 Å². The minimum absolute atomic E-state index is 0.153. The summed E-state index contributed by atoms with van der Waals surface area (Å²) in [5, 5.41) is 2.43. The summed E-state index contributed by atoms with van der Waals surface area (Å²) < 4.78 is 42.0. The van der Waals surface area contributed by atoms with E-state index >= 15 is 0 Å². The number of alkyl halides is 3. The molecule has 1 unspecified atom stereocenters. The lowest BCUT2D eigenvalue weighted by molar-refractivity contribution is -0.125. The maximum absolute atomic E-state index is 12.2. The number of benzene rings is 1. The van der Waals surface area contributed by atoms with Gasteiger partial charge in [0.05, 0.1) is 13.7 Å². The fourth-order valence-corrected chi connectivity index (χ4v) is 2.69. The maximum Gasteiger partial charge on any atom is 0.401 e. The van der Waals surface area contributed by atoms with Crippen molar-refractivity contribution in [3.05, 3.63) is 28.8 Å². The van der Waals surface area contributed by atoms with Crippen LogP contribution in [-0.2, 0) is 13.0 Å². The van der Waals surface area contributed by atoms with Gasteiger partial charge in [-0.05, 0) is 37.6 Å². The summed E-state index contributed by atoms with van der Waals surface area (Å²) >= 11 is 0. The van der Waals surface area contributed by atoms with E-state index in [9.17, 15) is 13.2 Å². The highest BCUT2D eigenvalue weighted by atomic mass is 19.4. The van der Waals surface area contributed by atoms with Gasteiger partial charge in [0.2, 0.25) is 0 Å². The molecule has 1 aromatic carbocycles. The lowest BCUT2D eigenvalue weighted by Crippen LogP contribution is -2.31. The fourth-order valence-electron chi connectivity index (χ4n) is 2.69. The number of rotatable bonds is 4. The molecular weight excluding hydrogens is 281 g/mol. The quantitative estimate of drug-likeness (QED) is 0.925. The summed E-state index contributed by atoms with van der Waals surface area (Å²) in [6, 6.07) is 4.22. The van der Waals surface area contributed by atoms with Crippen molar-refractivity contribution in [1.82, 2.24) is 10.2 Å². The highest BCUT2D eigenvalue weighted by Crippen LogP contribution is 2.33. The van der Waals surface area contributed by atoms with Gasteiger partial charge in [-0.3, -0.25) is 4.90 Å². The molecule has 6 heteroatoms. The van der Waals surface area contributed by atoms with E-state index in [1.54, 1.807) is 7.11 Å². The Morgan fingerprint density at radius 1 is 1.38 bits per heavy atom. The van der Waals surface area contributed by atoms with Crippen LogP contribution < -0.4 is 10.1 Å². The molecule has 21 heavy (non-hydrogen) atoms. The molecule has 2 rings (SSSR count). The first-order valence-corrected chi connectivity index (χ1v) is 6.99. The molecule has 118 valence electrons. The fraction of sp³-hybridized carbons (Fsp3) is 0.600. The topological polar surface area (TPSA) is 24.5 Å². The molecule has 0 amide bonds. The number of ether oxygens (including phenoxy) is 1. The summed E-state index contributed by atoms with van der Waals surface area (Å²) in [5.41, 5.74) is 3.17. The second-order valence-corrected chi connectivity index (χ2v) is 5.49. The van der Waals surface area contributed by atoms with Crippen LogP contribution in [0.2, 0.25) is 0 Å². The van der Waals surface area contributed by atoms with Crippen LogP contribution in [0.4, 0.5) is 13.2 Å². The van der Waals surface area contributed by atoms with E-state index in [0.29, 0.717) is 11.8 Å². The van der Waals surface area contributed by atoms with Crippen molar-refractivity contribution >= 4 is 0 Å². The zero-order valence-corrected chi connectivity index (χ0v) is 12.5. The lowest BCUT2D eigenvalue weighted by Gasteiger charge is -2.33. The summed E-state index contributed by atoms with van der Waals surface area (Å²) in [7, 11) is 3.62. The van der Waals surface area contributed by atoms with Gasteiger partial charge in [-0.2, -0.15) is 13.2 Å². The molecule has 0 aromatic heterocycles. The number of hydrogen-bond donors (Lipinski definition) is 1. The Kier molecular flexibility index (Phi) is 4.78. The molecule has 0 saturated heterocycles. The summed E-state index contributed by atoms with van der Waals surface area (Å²) in [4.78, 5) is 2.25. The number of hydrogen-bond acceptors (Lipinski definition) is 3.